The molecule has 4 heteroatoms. The summed E-state index contributed by atoms with van der Waals surface area (Å²) in [7, 11) is 0. The van der Waals surface area contributed by atoms with E-state index in [1.54, 1.807) is 18.2 Å². The van der Waals surface area contributed by atoms with Crippen LogP contribution in [0.2, 0.25) is 0 Å². The molecular formula is C14H14N2O2. The summed E-state index contributed by atoms with van der Waals surface area (Å²) in [5.74, 6) is 0. The van der Waals surface area contributed by atoms with Crippen LogP contribution in [0.15, 0.2) is 48.5 Å². The number of hydrogen-bond acceptors (Lipinski definition) is 3. The van der Waals surface area contributed by atoms with Crippen molar-refractivity contribution in [1.29, 1.82) is 0 Å². The minimum absolute atomic E-state index is 0.103. The zero-order valence-electron chi connectivity index (χ0n) is 10.1. The fourth-order valence-corrected chi connectivity index (χ4v) is 1.78. The average molecular weight is 242 g/mol. The van der Waals surface area contributed by atoms with Crippen LogP contribution in [0, 0.1) is 17.0 Å². The number of benzene rings is 2. The highest BCUT2D eigenvalue weighted by Gasteiger charge is 2.11. The second kappa shape index (κ2) is 5.31. The number of anilines is 1. The summed E-state index contributed by atoms with van der Waals surface area (Å²) in [6.45, 7) is 2.61. The largest absolute Gasteiger partial charge is 0.375 e. The normalized spacial score (nSPS) is 10.1. The highest BCUT2D eigenvalue weighted by Crippen LogP contribution is 2.24. The summed E-state index contributed by atoms with van der Waals surface area (Å²) >= 11 is 0. The predicted molar refractivity (Wildman–Crippen MR) is 71.6 cm³/mol. The third-order valence-corrected chi connectivity index (χ3v) is 2.83. The zero-order valence-corrected chi connectivity index (χ0v) is 10.1. The molecule has 0 saturated heterocycles. The quantitative estimate of drug-likeness (QED) is 0.659. The number of nitro benzene ring substituents is 1. The summed E-state index contributed by atoms with van der Waals surface area (Å²) in [4.78, 5) is 10.5. The molecule has 0 aromatic heterocycles. The Balaban J connectivity index is 2.16. The van der Waals surface area contributed by atoms with E-state index in [-0.39, 0.29) is 10.6 Å². The molecule has 2 aromatic rings. The van der Waals surface area contributed by atoms with E-state index in [9.17, 15) is 10.1 Å². The Labute approximate surface area is 105 Å². The van der Waals surface area contributed by atoms with Crippen LogP contribution in [0.5, 0.6) is 0 Å². The summed E-state index contributed by atoms with van der Waals surface area (Å²) in [6, 6.07) is 14.6. The van der Waals surface area contributed by atoms with E-state index in [4.69, 9.17) is 0 Å². The Morgan fingerprint density at radius 2 is 1.78 bits per heavy atom. The SMILES string of the molecule is Cc1ccccc1CNc1ccccc1[N+](=O)[O-]. The van der Waals surface area contributed by atoms with Gasteiger partial charge in [-0.2, -0.15) is 0 Å². The second-order valence-corrected chi connectivity index (χ2v) is 4.05. The number of hydrogen-bond donors (Lipinski definition) is 1. The Morgan fingerprint density at radius 3 is 2.50 bits per heavy atom. The molecule has 2 rings (SSSR count). The van der Waals surface area contributed by atoms with Crippen molar-refractivity contribution in [1.82, 2.24) is 0 Å². The third kappa shape index (κ3) is 2.66. The molecule has 0 aliphatic carbocycles. The highest BCUT2D eigenvalue weighted by atomic mass is 16.6. The van der Waals surface area contributed by atoms with Crippen LogP contribution in [0.25, 0.3) is 0 Å². The predicted octanol–water partition coefficient (Wildman–Crippen LogP) is 3.52. The Bertz CT molecular complexity index is 567. The van der Waals surface area contributed by atoms with Gasteiger partial charge in [-0.1, -0.05) is 36.4 Å². The topological polar surface area (TPSA) is 55.2 Å². The first kappa shape index (κ1) is 12.1. The van der Waals surface area contributed by atoms with E-state index < -0.39 is 0 Å². The number of para-hydroxylation sites is 2. The molecule has 0 radical (unpaired) electrons. The first-order valence-corrected chi connectivity index (χ1v) is 5.70. The van der Waals surface area contributed by atoms with E-state index in [1.165, 1.54) is 11.6 Å². The van der Waals surface area contributed by atoms with Crippen LogP contribution in [-0.2, 0) is 6.54 Å². The van der Waals surface area contributed by atoms with Gasteiger partial charge in [0.1, 0.15) is 5.69 Å². The minimum atomic E-state index is -0.375. The van der Waals surface area contributed by atoms with Crippen LogP contribution in [-0.4, -0.2) is 4.92 Å². The first-order chi connectivity index (χ1) is 8.68. The number of rotatable bonds is 4. The van der Waals surface area contributed by atoms with Crippen molar-refractivity contribution >= 4 is 11.4 Å². The molecule has 0 bridgehead atoms. The lowest BCUT2D eigenvalue weighted by molar-refractivity contribution is -0.384. The molecule has 0 heterocycles. The molecule has 92 valence electrons. The van der Waals surface area contributed by atoms with Crippen molar-refractivity contribution in [2.75, 3.05) is 5.32 Å². The maximum Gasteiger partial charge on any atom is 0.292 e. The van der Waals surface area contributed by atoms with Gasteiger partial charge in [-0.25, -0.2) is 0 Å². The standard InChI is InChI=1S/C14H14N2O2/c1-11-6-2-3-7-12(11)10-15-13-8-4-5-9-14(13)16(17)18/h2-9,15H,10H2,1H3. The second-order valence-electron chi connectivity index (χ2n) is 4.05. The number of aryl methyl sites for hydroxylation is 1. The summed E-state index contributed by atoms with van der Waals surface area (Å²) in [5, 5.41) is 14.0. The van der Waals surface area contributed by atoms with E-state index in [1.807, 2.05) is 31.2 Å². The van der Waals surface area contributed by atoms with Crippen LogP contribution in [0.4, 0.5) is 11.4 Å². The van der Waals surface area contributed by atoms with Gasteiger partial charge in [-0.3, -0.25) is 10.1 Å². The van der Waals surface area contributed by atoms with E-state index in [0.717, 1.165) is 5.56 Å². The molecule has 0 spiro atoms. The fraction of sp³-hybridized carbons (Fsp3) is 0.143. The Morgan fingerprint density at radius 1 is 1.11 bits per heavy atom. The summed E-state index contributed by atoms with van der Waals surface area (Å²) in [6.07, 6.45) is 0. The van der Waals surface area contributed by atoms with Crippen molar-refractivity contribution in [3.63, 3.8) is 0 Å². The van der Waals surface area contributed by atoms with Gasteiger partial charge in [-0.15, -0.1) is 0 Å². The lowest BCUT2D eigenvalue weighted by Gasteiger charge is -2.09. The fourth-order valence-electron chi connectivity index (χ4n) is 1.78. The first-order valence-electron chi connectivity index (χ1n) is 5.70. The van der Waals surface area contributed by atoms with Crippen molar-refractivity contribution < 1.29 is 4.92 Å². The smallest absolute Gasteiger partial charge is 0.292 e. The number of nitrogens with one attached hydrogen (secondary N) is 1. The van der Waals surface area contributed by atoms with Crippen LogP contribution in [0.1, 0.15) is 11.1 Å². The van der Waals surface area contributed by atoms with Gasteiger partial charge in [-0.05, 0) is 24.1 Å². The van der Waals surface area contributed by atoms with Crippen molar-refractivity contribution in [3.05, 3.63) is 69.8 Å². The van der Waals surface area contributed by atoms with Gasteiger partial charge in [0, 0.05) is 12.6 Å². The molecule has 0 amide bonds. The average Bonchev–Trinajstić information content (AvgIpc) is 2.38. The number of nitro groups is 1. The summed E-state index contributed by atoms with van der Waals surface area (Å²) < 4.78 is 0. The third-order valence-electron chi connectivity index (χ3n) is 2.83. The van der Waals surface area contributed by atoms with E-state index in [2.05, 4.69) is 5.32 Å². The molecule has 18 heavy (non-hydrogen) atoms. The van der Waals surface area contributed by atoms with E-state index >= 15 is 0 Å². The molecule has 0 saturated carbocycles. The maximum absolute atomic E-state index is 10.9. The monoisotopic (exact) mass is 242 g/mol. The Kier molecular flexibility index (Phi) is 3.57. The van der Waals surface area contributed by atoms with Crippen molar-refractivity contribution in [2.24, 2.45) is 0 Å². The molecule has 0 fully saturated rings. The van der Waals surface area contributed by atoms with Gasteiger partial charge in [0.15, 0.2) is 0 Å². The van der Waals surface area contributed by atoms with Crippen molar-refractivity contribution in [3.8, 4) is 0 Å². The van der Waals surface area contributed by atoms with Gasteiger partial charge in [0.2, 0.25) is 0 Å². The molecule has 0 unspecified atom stereocenters. The molecular weight excluding hydrogens is 228 g/mol. The van der Waals surface area contributed by atoms with Crippen molar-refractivity contribution in [2.45, 2.75) is 13.5 Å². The zero-order chi connectivity index (χ0) is 13.0. The van der Waals surface area contributed by atoms with Gasteiger partial charge in [0.05, 0.1) is 4.92 Å². The van der Waals surface area contributed by atoms with Crippen LogP contribution in [0.3, 0.4) is 0 Å². The highest BCUT2D eigenvalue weighted by molar-refractivity contribution is 5.61. The number of nitrogens with zero attached hydrogens (tertiary/aromatic N) is 1. The lowest BCUT2D eigenvalue weighted by atomic mass is 10.1. The van der Waals surface area contributed by atoms with Crippen LogP contribution < -0.4 is 5.32 Å². The molecule has 0 aliphatic heterocycles. The minimum Gasteiger partial charge on any atom is -0.375 e. The van der Waals surface area contributed by atoms with Gasteiger partial charge < -0.3 is 5.32 Å². The molecule has 0 atom stereocenters. The molecule has 1 N–H and O–H groups in total. The van der Waals surface area contributed by atoms with Crippen LogP contribution >= 0.6 is 0 Å². The Hall–Kier alpha value is -2.36. The van der Waals surface area contributed by atoms with E-state index in [0.29, 0.717) is 12.2 Å². The summed E-state index contributed by atoms with van der Waals surface area (Å²) in [5.41, 5.74) is 2.95. The van der Waals surface area contributed by atoms with Gasteiger partial charge >= 0.3 is 0 Å². The van der Waals surface area contributed by atoms with Gasteiger partial charge in [0.25, 0.3) is 5.69 Å². The maximum atomic E-state index is 10.9. The molecule has 4 nitrogen and oxygen atoms in total. The lowest BCUT2D eigenvalue weighted by Crippen LogP contribution is -2.03. The molecule has 2 aromatic carbocycles. The molecule has 0 aliphatic rings.